The van der Waals surface area contributed by atoms with E-state index in [1.807, 2.05) is 0 Å². The molecule has 3 heterocycles. The molecule has 2 aliphatic rings. The number of halogens is 1. The predicted octanol–water partition coefficient (Wildman–Crippen LogP) is 1.23. The van der Waals surface area contributed by atoms with Crippen molar-refractivity contribution < 1.29 is 9.18 Å². The Morgan fingerprint density at radius 2 is 2.06 bits per heavy atom. The fourth-order valence-corrected chi connectivity index (χ4v) is 2.98. The van der Waals surface area contributed by atoms with Gasteiger partial charge in [-0.25, -0.2) is 4.39 Å². The standard InChI is InChI=1S/C13H16FN3O/c14-9-3-8(6-15-7-9)13(18)17-12-4-10-1-2-11(5-12)16-10/h3,6-7,10-12,16H,1-2,4-5H2,(H,17,18). The van der Waals surface area contributed by atoms with Gasteiger partial charge in [0.05, 0.1) is 11.8 Å². The molecule has 18 heavy (non-hydrogen) atoms. The molecule has 1 aromatic heterocycles. The van der Waals surface area contributed by atoms with Crippen molar-refractivity contribution in [1.82, 2.24) is 15.6 Å². The van der Waals surface area contributed by atoms with Crippen LogP contribution in [0.2, 0.25) is 0 Å². The number of nitrogens with one attached hydrogen (secondary N) is 2. The molecule has 2 aliphatic heterocycles. The number of rotatable bonds is 2. The highest BCUT2D eigenvalue weighted by molar-refractivity contribution is 5.94. The van der Waals surface area contributed by atoms with Crippen LogP contribution in [0.5, 0.6) is 0 Å². The van der Waals surface area contributed by atoms with Gasteiger partial charge in [0.2, 0.25) is 0 Å². The quantitative estimate of drug-likeness (QED) is 0.829. The molecule has 2 fully saturated rings. The van der Waals surface area contributed by atoms with Gasteiger partial charge in [-0.05, 0) is 31.7 Å². The largest absolute Gasteiger partial charge is 0.349 e. The van der Waals surface area contributed by atoms with Gasteiger partial charge in [0, 0.05) is 24.3 Å². The minimum Gasteiger partial charge on any atom is -0.349 e. The Labute approximate surface area is 105 Å². The molecule has 0 radical (unpaired) electrons. The number of nitrogens with zero attached hydrogens (tertiary/aromatic N) is 1. The first-order valence-electron chi connectivity index (χ1n) is 6.38. The molecular weight excluding hydrogens is 233 g/mol. The second kappa shape index (κ2) is 4.65. The van der Waals surface area contributed by atoms with E-state index in [2.05, 4.69) is 15.6 Å². The average Bonchev–Trinajstić information content (AvgIpc) is 2.69. The Morgan fingerprint density at radius 3 is 2.72 bits per heavy atom. The number of pyridine rings is 1. The second-order valence-electron chi connectivity index (χ2n) is 5.17. The SMILES string of the molecule is O=C(NC1CC2CCC(C1)N2)c1cncc(F)c1. The van der Waals surface area contributed by atoms with Crippen molar-refractivity contribution in [1.29, 1.82) is 0 Å². The van der Waals surface area contributed by atoms with Gasteiger partial charge in [-0.15, -0.1) is 0 Å². The Balaban J connectivity index is 1.64. The Morgan fingerprint density at radius 1 is 1.33 bits per heavy atom. The van der Waals surface area contributed by atoms with Gasteiger partial charge < -0.3 is 10.6 Å². The van der Waals surface area contributed by atoms with E-state index in [9.17, 15) is 9.18 Å². The highest BCUT2D eigenvalue weighted by Gasteiger charge is 2.34. The zero-order chi connectivity index (χ0) is 12.5. The van der Waals surface area contributed by atoms with Gasteiger partial charge in [-0.3, -0.25) is 9.78 Å². The van der Waals surface area contributed by atoms with Gasteiger partial charge in [-0.1, -0.05) is 0 Å². The minimum absolute atomic E-state index is 0.194. The summed E-state index contributed by atoms with van der Waals surface area (Å²) in [6.45, 7) is 0. The summed E-state index contributed by atoms with van der Waals surface area (Å²) in [4.78, 5) is 15.7. The van der Waals surface area contributed by atoms with Gasteiger partial charge >= 0.3 is 0 Å². The number of amides is 1. The van der Waals surface area contributed by atoms with Crippen LogP contribution in [0, 0.1) is 5.82 Å². The second-order valence-corrected chi connectivity index (χ2v) is 5.17. The van der Waals surface area contributed by atoms with Crippen molar-refractivity contribution in [2.24, 2.45) is 0 Å². The van der Waals surface area contributed by atoms with Gasteiger partial charge in [0.1, 0.15) is 5.82 Å². The zero-order valence-electron chi connectivity index (χ0n) is 10.0. The van der Waals surface area contributed by atoms with Crippen molar-refractivity contribution >= 4 is 5.91 Å². The lowest BCUT2D eigenvalue weighted by Gasteiger charge is -2.29. The van der Waals surface area contributed by atoms with Crippen molar-refractivity contribution in [3.8, 4) is 0 Å². The summed E-state index contributed by atoms with van der Waals surface area (Å²) in [5.74, 6) is -0.707. The summed E-state index contributed by atoms with van der Waals surface area (Å²) >= 11 is 0. The molecule has 2 N–H and O–H groups in total. The molecule has 0 aromatic carbocycles. The fraction of sp³-hybridized carbons (Fsp3) is 0.538. The van der Waals surface area contributed by atoms with E-state index in [0.717, 1.165) is 19.0 Å². The highest BCUT2D eigenvalue weighted by atomic mass is 19.1. The zero-order valence-corrected chi connectivity index (χ0v) is 10.0. The number of hydrogen-bond donors (Lipinski definition) is 2. The van der Waals surface area contributed by atoms with Crippen molar-refractivity contribution in [3.05, 3.63) is 29.8 Å². The summed E-state index contributed by atoms with van der Waals surface area (Å²) in [7, 11) is 0. The maximum absolute atomic E-state index is 13.0. The number of carbonyl (C=O) groups is 1. The third-order valence-corrected chi connectivity index (χ3v) is 3.78. The van der Waals surface area contributed by atoms with Crippen LogP contribution in [-0.4, -0.2) is 29.0 Å². The van der Waals surface area contributed by atoms with E-state index in [0.29, 0.717) is 17.6 Å². The molecule has 0 aliphatic carbocycles. The molecule has 0 spiro atoms. The molecule has 1 aromatic rings. The molecule has 2 saturated heterocycles. The third kappa shape index (κ3) is 2.36. The maximum atomic E-state index is 13.0. The van der Waals surface area contributed by atoms with E-state index in [1.165, 1.54) is 25.1 Å². The summed E-state index contributed by atoms with van der Waals surface area (Å²) < 4.78 is 13.0. The molecular formula is C13H16FN3O. The minimum atomic E-state index is -0.479. The number of fused-ring (bicyclic) bond motifs is 2. The molecule has 5 heteroatoms. The van der Waals surface area contributed by atoms with Gasteiger partial charge in [0.15, 0.2) is 0 Å². The number of carbonyl (C=O) groups excluding carboxylic acids is 1. The Hall–Kier alpha value is -1.49. The Bertz CT molecular complexity index is 453. The molecule has 2 atom stereocenters. The summed E-state index contributed by atoms with van der Waals surface area (Å²) in [6.07, 6.45) is 6.81. The van der Waals surface area contributed by atoms with Gasteiger partial charge in [-0.2, -0.15) is 0 Å². The van der Waals surface area contributed by atoms with Crippen LogP contribution in [0.3, 0.4) is 0 Å². The van der Waals surface area contributed by atoms with Crippen LogP contribution in [0.4, 0.5) is 4.39 Å². The summed E-state index contributed by atoms with van der Waals surface area (Å²) in [6, 6.07) is 2.47. The van der Waals surface area contributed by atoms with E-state index in [4.69, 9.17) is 0 Å². The first-order chi connectivity index (χ1) is 8.70. The molecule has 2 bridgehead atoms. The summed E-state index contributed by atoms with van der Waals surface area (Å²) in [5, 5.41) is 6.50. The number of piperidine rings is 1. The van der Waals surface area contributed by atoms with Crippen molar-refractivity contribution in [2.75, 3.05) is 0 Å². The lowest BCUT2D eigenvalue weighted by atomic mass is 9.99. The number of hydrogen-bond acceptors (Lipinski definition) is 3. The smallest absolute Gasteiger partial charge is 0.253 e. The maximum Gasteiger partial charge on any atom is 0.253 e. The first kappa shape index (κ1) is 11.6. The average molecular weight is 249 g/mol. The Kier molecular flexibility index (Phi) is 2.99. The van der Waals surface area contributed by atoms with Crippen LogP contribution in [0.15, 0.2) is 18.5 Å². The third-order valence-electron chi connectivity index (χ3n) is 3.78. The molecule has 3 rings (SSSR count). The van der Waals surface area contributed by atoms with E-state index in [1.54, 1.807) is 0 Å². The van der Waals surface area contributed by atoms with E-state index < -0.39 is 5.82 Å². The highest BCUT2D eigenvalue weighted by Crippen LogP contribution is 2.26. The van der Waals surface area contributed by atoms with Crippen molar-refractivity contribution in [3.63, 3.8) is 0 Å². The molecule has 0 saturated carbocycles. The van der Waals surface area contributed by atoms with Gasteiger partial charge in [0.25, 0.3) is 5.91 Å². The molecule has 1 amide bonds. The first-order valence-corrected chi connectivity index (χ1v) is 6.38. The lowest BCUT2D eigenvalue weighted by molar-refractivity contribution is 0.0923. The van der Waals surface area contributed by atoms with Crippen LogP contribution < -0.4 is 10.6 Å². The van der Waals surface area contributed by atoms with Crippen LogP contribution >= 0.6 is 0 Å². The fourth-order valence-electron chi connectivity index (χ4n) is 2.98. The predicted molar refractivity (Wildman–Crippen MR) is 64.6 cm³/mol. The topological polar surface area (TPSA) is 54.0 Å². The number of aromatic nitrogens is 1. The summed E-state index contributed by atoms with van der Waals surface area (Å²) in [5.41, 5.74) is 0.292. The molecule has 96 valence electrons. The van der Waals surface area contributed by atoms with E-state index >= 15 is 0 Å². The van der Waals surface area contributed by atoms with Crippen LogP contribution in [0.1, 0.15) is 36.0 Å². The normalized spacial score (nSPS) is 30.2. The molecule has 2 unspecified atom stereocenters. The van der Waals surface area contributed by atoms with Crippen molar-refractivity contribution in [2.45, 2.75) is 43.8 Å². The van der Waals surface area contributed by atoms with E-state index in [-0.39, 0.29) is 11.9 Å². The molecule has 4 nitrogen and oxygen atoms in total. The lowest BCUT2D eigenvalue weighted by Crippen LogP contribution is -2.48. The monoisotopic (exact) mass is 249 g/mol. The van der Waals surface area contributed by atoms with Crippen LogP contribution in [-0.2, 0) is 0 Å². The van der Waals surface area contributed by atoms with Crippen LogP contribution in [0.25, 0.3) is 0 Å².